The van der Waals surface area contributed by atoms with Crippen LogP contribution in [0.5, 0.6) is 0 Å². The standard InChI is InChI=1S/C16H18ClNS/c17-10-16(8-11-5-6-12(16)7-11)9-15-18-13-3-1-2-4-14(13)19-15/h1-4,11-12H,5-10H2. The van der Waals surface area contributed by atoms with Gasteiger partial charge in [-0.1, -0.05) is 18.6 Å². The molecule has 3 heteroatoms. The van der Waals surface area contributed by atoms with Gasteiger partial charge in [-0.15, -0.1) is 22.9 Å². The monoisotopic (exact) mass is 291 g/mol. The Hall–Kier alpha value is -0.600. The number of hydrogen-bond donors (Lipinski definition) is 0. The summed E-state index contributed by atoms with van der Waals surface area (Å²) >= 11 is 8.24. The van der Waals surface area contributed by atoms with Gasteiger partial charge in [0.1, 0.15) is 0 Å². The predicted molar refractivity (Wildman–Crippen MR) is 81.9 cm³/mol. The Morgan fingerprint density at radius 1 is 1.32 bits per heavy atom. The van der Waals surface area contributed by atoms with E-state index in [9.17, 15) is 0 Å². The molecule has 4 rings (SSSR count). The fraction of sp³-hybridized carbons (Fsp3) is 0.562. The Kier molecular flexibility index (Phi) is 2.85. The fourth-order valence-electron chi connectivity index (χ4n) is 4.28. The Morgan fingerprint density at radius 2 is 2.21 bits per heavy atom. The summed E-state index contributed by atoms with van der Waals surface area (Å²) in [5, 5.41) is 1.29. The number of para-hydroxylation sites is 1. The molecule has 1 aromatic carbocycles. The van der Waals surface area contributed by atoms with Crippen LogP contribution in [-0.4, -0.2) is 10.9 Å². The van der Waals surface area contributed by atoms with E-state index in [1.807, 2.05) is 11.3 Å². The van der Waals surface area contributed by atoms with E-state index in [1.54, 1.807) is 0 Å². The highest BCUT2D eigenvalue weighted by atomic mass is 35.5. The zero-order valence-electron chi connectivity index (χ0n) is 10.9. The van der Waals surface area contributed by atoms with Crippen molar-refractivity contribution in [2.45, 2.75) is 32.1 Å². The molecule has 2 bridgehead atoms. The minimum Gasteiger partial charge on any atom is -0.241 e. The molecule has 1 nitrogen and oxygen atoms in total. The highest BCUT2D eigenvalue weighted by Gasteiger charge is 2.50. The minimum absolute atomic E-state index is 0.346. The third-order valence-electron chi connectivity index (χ3n) is 5.21. The lowest BCUT2D eigenvalue weighted by molar-refractivity contribution is 0.193. The molecule has 0 aliphatic heterocycles. The van der Waals surface area contributed by atoms with E-state index < -0.39 is 0 Å². The molecule has 2 aromatic rings. The number of aromatic nitrogens is 1. The lowest BCUT2D eigenvalue weighted by Gasteiger charge is -2.35. The Bertz CT molecular complexity index is 575. The van der Waals surface area contributed by atoms with Gasteiger partial charge in [-0.05, 0) is 48.6 Å². The quantitative estimate of drug-likeness (QED) is 0.734. The van der Waals surface area contributed by atoms with Crippen LogP contribution in [0, 0.1) is 17.3 Å². The van der Waals surface area contributed by atoms with Crippen LogP contribution in [-0.2, 0) is 6.42 Å². The van der Waals surface area contributed by atoms with Crippen LogP contribution < -0.4 is 0 Å². The van der Waals surface area contributed by atoms with Crippen molar-refractivity contribution in [3.63, 3.8) is 0 Å². The molecule has 100 valence electrons. The van der Waals surface area contributed by atoms with Gasteiger partial charge in [-0.3, -0.25) is 0 Å². The fourth-order valence-corrected chi connectivity index (χ4v) is 5.83. The van der Waals surface area contributed by atoms with E-state index in [-0.39, 0.29) is 0 Å². The topological polar surface area (TPSA) is 12.9 Å². The number of benzene rings is 1. The minimum atomic E-state index is 0.346. The summed E-state index contributed by atoms with van der Waals surface area (Å²) in [4.78, 5) is 4.81. The van der Waals surface area contributed by atoms with Crippen LogP contribution in [0.15, 0.2) is 24.3 Å². The number of thiazole rings is 1. The molecule has 2 fully saturated rings. The molecule has 0 radical (unpaired) electrons. The van der Waals surface area contributed by atoms with Crippen LogP contribution >= 0.6 is 22.9 Å². The maximum Gasteiger partial charge on any atom is 0.0944 e. The maximum absolute atomic E-state index is 6.38. The van der Waals surface area contributed by atoms with Crippen molar-refractivity contribution in [2.24, 2.45) is 17.3 Å². The zero-order valence-corrected chi connectivity index (χ0v) is 12.5. The zero-order chi connectivity index (χ0) is 12.9. The molecule has 0 spiro atoms. The van der Waals surface area contributed by atoms with Gasteiger partial charge in [0, 0.05) is 12.3 Å². The highest BCUT2D eigenvalue weighted by Crippen LogP contribution is 2.58. The first-order valence-corrected chi connectivity index (χ1v) is 8.55. The average Bonchev–Trinajstić information content (AvgIpc) is 3.11. The molecule has 2 aliphatic carbocycles. The highest BCUT2D eigenvalue weighted by molar-refractivity contribution is 7.18. The molecule has 2 saturated carbocycles. The van der Waals surface area contributed by atoms with Gasteiger partial charge >= 0.3 is 0 Å². The number of nitrogens with zero attached hydrogens (tertiary/aromatic N) is 1. The summed E-state index contributed by atoms with van der Waals surface area (Å²) in [5.41, 5.74) is 1.49. The third-order valence-corrected chi connectivity index (χ3v) is 6.78. The molecule has 3 unspecified atom stereocenters. The van der Waals surface area contributed by atoms with Crippen molar-refractivity contribution in [3.8, 4) is 0 Å². The van der Waals surface area contributed by atoms with E-state index in [0.717, 1.165) is 29.7 Å². The molecular formula is C16H18ClNS. The van der Waals surface area contributed by atoms with Gasteiger partial charge < -0.3 is 0 Å². The smallest absolute Gasteiger partial charge is 0.0944 e. The van der Waals surface area contributed by atoms with Crippen LogP contribution in [0.4, 0.5) is 0 Å². The van der Waals surface area contributed by atoms with Gasteiger partial charge in [-0.25, -0.2) is 4.98 Å². The summed E-state index contributed by atoms with van der Waals surface area (Å²) in [7, 11) is 0. The van der Waals surface area contributed by atoms with Crippen LogP contribution in [0.2, 0.25) is 0 Å². The van der Waals surface area contributed by atoms with E-state index in [4.69, 9.17) is 16.6 Å². The van der Waals surface area contributed by atoms with E-state index in [0.29, 0.717) is 5.41 Å². The van der Waals surface area contributed by atoms with Gasteiger partial charge in [0.25, 0.3) is 0 Å². The largest absolute Gasteiger partial charge is 0.241 e. The molecule has 0 saturated heterocycles. The van der Waals surface area contributed by atoms with Crippen LogP contribution in [0.1, 0.15) is 30.7 Å². The number of alkyl halides is 1. The summed E-state index contributed by atoms with van der Waals surface area (Å²) in [5.74, 6) is 2.60. The van der Waals surface area contributed by atoms with Crippen molar-refractivity contribution in [1.29, 1.82) is 0 Å². The first kappa shape index (κ1) is 12.2. The second-order valence-electron chi connectivity index (χ2n) is 6.33. The average molecular weight is 292 g/mol. The molecule has 0 N–H and O–H groups in total. The van der Waals surface area contributed by atoms with Crippen molar-refractivity contribution < 1.29 is 0 Å². The first-order valence-electron chi connectivity index (χ1n) is 7.19. The second kappa shape index (κ2) is 4.46. The summed E-state index contributed by atoms with van der Waals surface area (Å²) in [6.07, 6.45) is 6.66. The van der Waals surface area contributed by atoms with Crippen molar-refractivity contribution in [3.05, 3.63) is 29.3 Å². The van der Waals surface area contributed by atoms with Gasteiger partial charge in [-0.2, -0.15) is 0 Å². The third kappa shape index (κ3) is 1.92. The first-order chi connectivity index (χ1) is 9.29. The molecule has 0 amide bonds. The number of rotatable bonds is 3. The molecule has 1 aromatic heterocycles. The van der Waals surface area contributed by atoms with Crippen LogP contribution in [0.25, 0.3) is 10.2 Å². The Morgan fingerprint density at radius 3 is 2.89 bits per heavy atom. The molecule has 1 heterocycles. The number of fused-ring (bicyclic) bond motifs is 3. The van der Waals surface area contributed by atoms with Crippen molar-refractivity contribution in [2.75, 3.05) is 5.88 Å². The van der Waals surface area contributed by atoms with E-state index in [2.05, 4.69) is 24.3 Å². The Balaban J connectivity index is 1.66. The summed E-state index contributed by atoms with van der Waals surface area (Å²) in [6, 6.07) is 8.45. The van der Waals surface area contributed by atoms with Crippen molar-refractivity contribution in [1.82, 2.24) is 4.98 Å². The SMILES string of the molecule is ClCC1(Cc2nc3ccccc3s2)CC2CCC1C2. The van der Waals surface area contributed by atoms with Crippen molar-refractivity contribution >= 4 is 33.2 Å². The van der Waals surface area contributed by atoms with E-state index >= 15 is 0 Å². The van der Waals surface area contributed by atoms with Gasteiger partial charge in [0.2, 0.25) is 0 Å². The second-order valence-corrected chi connectivity index (χ2v) is 7.71. The van der Waals surface area contributed by atoms with E-state index in [1.165, 1.54) is 35.4 Å². The summed E-state index contributed by atoms with van der Waals surface area (Å²) in [6.45, 7) is 0. The van der Waals surface area contributed by atoms with Gasteiger partial charge in [0.15, 0.2) is 0 Å². The lowest BCUT2D eigenvalue weighted by atomic mass is 9.72. The predicted octanol–water partition coefficient (Wildman–Crippen LogP) is 4.88. The molecule has 3 atom stereocenters. The lowest BCUT2D eigenvalue weighted by Crippen LogP contribution is -2.32. The normalized spacial score (nSPS) is 33.3. The molecular weight excluding hydrogens is 274 g/mol. The molecule has 2 aliphatic rings. The molecule has 19 heavy (non-hydrogen) atoms. The number of hydrogen-bond acceptors (Lipinski definition) is 2. The number of halogens is 1. The summed E-state index contributed by atoms with van der Waals surface area (Å²) < 4.78 is 1.31. The van der Waals surface area contributed by atoms with Gasteiger partial charge in [0.05, 0.1) is 15.2 Å². The van der Waals surface area contributed by atoms with Crippen LogP contribution in [0.3, 0.4) is 0 Å². The maximum atomic E-state index is 6.38. The Labute approximate surface area is 123 Å².